The smallest absolute Gasteiger partial charge is 0.254 e. The number of thiophene rings is 1. The van der Waals surface area contributed by atoms with E-state index >= 15 is 0 Å². The summed E-state index contributed by atoms with van der Waals surface area (Å²) in [5, 5.41) is 4.64. The van der Waals surface area contributed by atoms with Crippen molar-refractivity contribution in [3.05, 3.63) is 58.5 Å². The molecular formula is C18H17N3O4S. The number of amides is 1. The van der Waals surface area contributed by atoms with Gasteiger partial charge in [0.25, 0.3) is 5.56 Å². The normalized spacial score (nSPS) is 10.4. The van der Waals surface area contributed by atoms with Crippen molar-refractivity contribution < 1.29 is 14.3 Å². The van der Waals surface area contributed by atoms with E-state index in [0.717, 1.165) is 4.88 Å². The monoisotopic (exact) mass is 371 g/mol. The Kier molecular flexibility index (Phi) is 5.33. The molecule has 0 aliphatic rings. The molecule has 7 nitrogen and oxygen atoms in total. The van der Waals surface area contributed by atoms with Crippen LogP contribution >= 0.6 is 11.3 Å². The Labute approximate surface area is 153 Å². The molecule has 0 saturated heterocycles. The second-order valence-corrected chi connectivity index (χ2v) is 6.28. The molecule has 0 unspecified atom stereocenters. The number of hydrogen-bond donors (Lipinski definition) is 1. The minimum atomic E-state index is -0.343. The molecule has 0 atom stereocenters. The van der Waals surface area contributed by atoms with Crippen molar-refractivity contribution in [1.82, 2.24) is 9.55 Å². The summed E-state index contributed by atoms with van der Waals surface area (Å²) < 4.78 is 11.6. The van der Waals surface area contributed by atoms with E-state index in [-0.39, 0.29) is 18.0 Å². The van der Waals surface area contributed by atoms with Gasteiger partial charge in [-0.3, -0.25) is 14.2 Å². The molecule has 1 amide bonds. The first-order valence-corrected chi connectivity index (χ1v) is 8.61. The van der Waals surface area contributed by atoms with E-state index in [1.807, 2.05) is 17.5 Å². The molecule has 8 heteroatoms. The Bertz CT molecular complexity index is 967. The maximum atomic E-state index is 12.2. The molecule has 0 radical (unpaired) electrons. The number of hydrogen-bond acceptors (Lipinski definition) is 6. The fourth-order valence-electron chi connectivity index (χ4n) is 2.37. The quantitative estimate of drug-likeness (QED) is 0.720. The van der Waals surface area contributed by atoms with Crippen LogP contribution in [0.1, 0.15) is 0 Å². The molecule has 134 valence electrons. The summed E-state index contributed by atoms with van der Waals surface area (Å²) in [6, 6.07) is 10.2. The van der Waals surface area contributed by atoms with Gasteiger partial charge in [-0.05, 0) is 23.6 Å². The zero-order valence-electron chi connectivity index (χ0n) is 14.3. The first-order chi connectivity index (χ1) is 12.6. The Hall–Kier alpha value is -3.13. The van der Waals surface area contributed by atoms with Crippen LogP contribution in [0.25, 0.3) is 10.6 Å². The van der Waals surface area contributed by atoms with Crippen molar-refractivity contribution >= 4 is 22.9 Å². The standard InChI is InChI=1S/C18H17N3O4S/c1-24-14-6-5-12(8-15(14)25-2)20-17(22)10-21-11-19-13(9-18(21)23)16-4-3-7-26-16/h3-9,11H,10H2,1-2H3,(H,20,22). The van der Waals surface area contributed by atoms with Crippen LogP contribution in [-0.4, -0.2) is 29.7 Å². The van der Waals surface area contributed by atoms with Crippen molar-refractivity contribution in [3.63, 3.8) is 0 Å². The number of nitrogens with zero attached hydrogens (tertiary/aromatic N) is 2. The van der Waals surface area contributed by atoms with E-state index < -0.39 is 0 Å². The van der Waals surface area contributed by atoms with E-state index in [1.165, 1.54) is 42.5 Å². The Morgan fingerprint density at radius 3 is 2.65 bits per heavy atom. The number of methoxy groups -OCH3 is 2. The molecule has 26 heavy (non-hydrogen) atoms. The number of benzene rings is 1. The lowest BCUT2D eigenvalue weighted by molar-refractivity contribution is -0.116. The van der Waals surface area contributed by atoms with Crippen LogP contribution in [-0.2, 0) is 11.3 Å². The van der Waals surface area contributed by atoms with E-state index in [9.17, 15) is 9.59 Å². The lowest BCUT2D eigenvalue weighted by Crippen LogP contribution is -2.27. The molecule has 0 aliphatic carbocycles. The van der Waals surface area contributed by atoms with Gasteiger partial charge in [-0.1, -0.05) is 6.07 Å². The molecule has 0 saturated carbocycles. The molecule has 0 bridgehead atoms. The number of aromatic nitrogens is 2. The highest BCUT2D eigenvalue weighted by atomic mass is 32.1. The highest BCUT2D eigenvalue weighted by Gasteiger charge is 2.10. The van der Waals surface area contributed by atoms with Crippen molar-refractivity contribution in [1.29, 1.82) is 0 Å². The first kappa shape index (κ1) is 17.7. The summed E-state index contributed by atoms with van der Waals surface area (Å²) in [7, 11) is 3.05. The maximum absolute atomic E-state index is 12.2. The van der Waals surface area contributed by atoms with Crippen molar-refractivity contribution in [3.8, 4) is 22.1 Å². The highest BCUT2D eigenvalue weighted by Crippen LogP contribution is 2.29. The van der Waals surface area contributed by atoms with E-state index in [1.54, 1.807) is 18.2 Å². The molecule has 1 N–H and O–H groups in total. The van der Waals surface area contributed by atoms with Crippen molar-refractivity contribution in [2.75, 3.05) is 19.5 Å². The predicted octanol–water partition coefficient (Wildman–Crippen LogP) is 2.63. The topological polar surface area (TPSA) is 82.5 Å². The Morgan fingerprint density at radius 1 is 1.19 bits per heavy atom. The number of ether oxygens (including phenoxy) is 2. The highest BCUT2D eigenvalue weighted by molar-refractivity contribution is 7.13. The molecule has 2 aromatic heterocycles. The van der Waals surface area contributed by atoms with Crippen LogP contribution in [0.3, 0.4) is 0 Å². The van der Waals surface area contributed by atoms with E-state index in [4.69, 9.17) is 9.47 Å². The number of nitrogens with one attached hydrogen (secondary N) is 1. The molecular weight excluding hydrogens is 354 g/mol. The lowest BCUT2D eigenvalue weighted by Gasteiger charge is -2.11. The molecule has 2 heterocycles. The van der Waals surface area contributed by atoms with Gasteiger partial charge < -0.3 is 14.8 Å². The zero-order valence-corrected chi connectivity index (χ0v) is 15.1. The predicted molar refractivity (Wildman–Crippen MR) is 100.0 cm³/mol. The number of carbonyl (C=O) groups excluding carboxylic acids is 1. The average molecular weight is 371 g/mol. The fourth-order valence-corrected chi connectivity index (χ4v) is 3.07. The van der Waals surface area contributed by atoms with Gasteiger partial charge in [0.2, 0.25) is 5.91 Å². The molecule has 0 fully saturated rings. The molecule has 3 aromatic rings. The summed E-state index contributed by atoms with van der Waals surface area (Å²) >= 11 is 1.50. The van der Waals surface area contributed by atoms with Crippen LogP contribution in [0, 0.1) is 0 Å². The minimum absolute atomic E-state index is 0.134. The third kappa shape index (κ3) is 3.92. The van der Waals surface area contributed by atoms with Gasteiger partial charge >= 0.3 is 0 Å². The Balaban J connectivity index is 1.71. The Morgan fingerprint density at radius 2 is 2.00 bits per heavy atom. The summed E-state index contributed by atoms with van der Waals surface area (Å²) in [6.45, 7) is -0.134. The number of carbonyl (C=O) groups is 1. The van der Waals surface area contributed by atoms with Gasteiger partial charge in [0.15, 0.2) is 11.5 Å². The van der Waals surface area contributed by atoms with E-state index in [2.05, 4.69) is 10.3 Å². The molecule has 1 aromatic carbocycles. The largest absolute Gasteiger partial charge is 0.493 e. The SMILES string of the molecule is COc1ccc(NC(=O)Cn2cnc(-c3cccs3)cc2=O)cc1OC. The summed E-state index contributed by atoms with van der Waals surface area (Å²) in [5.74, 6) is 0.726. The summed E-state index contributed by atoms with van der Waals surface area (Å²) in [4.78, 5) is 29.6. The number of anilines is 1. The van der Waals surface area contributed by atoms with Crippen LogP contribution in [0.2, 0.25) is 0 Å². The van der Waals surface area contributed by atoms with Gasteiger partial charge in [0, 0.05) is 17.8 Å². The minimum Gasteiger partial charge on any atom is -0.493 e. The second-order valence-electron chi connectivity index (χ2n) is 5.34. The molecule has 0 spiro atoms. The average Bonchev–Trinajstić information content (AvgIpc) is 3.18. The summed E-state index contributed by atoms with van der Waals surface area (Å²) in [6.07, 6.45) is 1.38. The van der Waals surface area contributed by atoms with Gasteiger partial charge in [0.05, 0.1) is 31.1 Å². The fraction of sp³-hybridized carbons (Fsp3) is 0.167. The summed E-state index contributed by atoms with van der Waals surface area (Å²) in [5.41, 5.74) is 0.858. The van der Waals surface area contributed by atoms with Crippen molar-refractivity contribution in [2.45, 2.75) is 6.54 Å². The maximum Gasteiger partial charge on any atom is 0.254 e. The zero-order chi connectivity index (χ0) is 18.5. The lowest BCUT2D eigenvalue weighted by atomic mass is 10.2. The van der Waals surface area contributed by atoms with Gasteiger partial charge in [0.1, 0.15) is 6.54 Å². The van der Waals surface area contributed by atoms with Crippen LogP contribution in [0.4, 0.5) is 5.69 Å². The van der Waals surface area contributed by atoms with Gasteiger partial charge in [-0.25, -0.2) is 4.98 Å². The van der Waals surface area contributed by atoms with Crippen LogP contribution in [0.15, 0.2) is 52.9 Å². The number of rotatable bonds is 6. The molecule has 0 aliphatic heterocycles. The van der Waals surface area contributed by atoms with Crippen LogP contribution in [0.5, 0.6) is 11.5 Å². The van der Waals surface area contributed by atoms with Gasteiger partial charge in [-0.2, -0.15) is 0 Å². The third-order valence-corrected chi connectivity index (χ3v) is 4.53. The first-order valence-electron chi connectivity index (χ1n) is 7.73. The molecule has 3 rings (SSSR count). The van der Waals surface area contributed by atoms with Crippen LogP contribution < -0.4 is 20.3 Å². The van der Waals surface area contributed by atoms with Gasteiger partial charge in [-0.15, -0.1) is 11.3 Å². The van der Waals surface area contributed by atoms with Crippen molar-refractivity contribution in [2.24, 2.45) is 0 Å². The van der Waals surface area contributed by atoms with E-state index in [0.29, 0.717) is 22.9 Å². The third-order valence-electron chi connectivity index (χ3n) is 3.63. The second kappa shape index (κ2) is 7.83.